The van der Waals surface area contributed by atoms with Crippen LogP contribution in [-0.4, -0.2) is 43.9 Å². The molecule has 2 fully saturated rings. The van der Waals surface area contributed by atoms with Gasteiger partial charge in [-0.1, -0.05) is 18.1 Å². The van der Waals surface area contributed by atoms with Crippen LogP contribution in [0.2, 0.25) is 0 Å². The lowest BCUT2D eigenvalue weighted by molar-refractivity contribution is 0.0948. The largest absolute Gasteiger partial charge is 0.393 e. The maximum absolute atomic E-state index is 13.3. The number of pyridine rings is 1. The van der Waals surface area contributed by atoms with Gasteiger partial charge in [0.25, 0.3) is 5.91 Å². The molecule has 4 aromatic rings. The summed E-state index contributed by atoms with van der Waals surface area (Å²) < 4.78 is 13.3. The summed E-state index contributed by atoms with van der Waals surface area (Å²) in [4.78, 5) is 38.9. The molecule has 6 rings (SSSR count). The van der Waals surface area contributed by atoms with Crippen molar-refractivity contribution in [1.82, 2.24) is 20.3 Å². The van der Waals surface area contributed by atoms with Crippen LogP contribution in [0, 0.1) is 23.6 Å². The van der Waals surface area contributed by atoms with E-state index in [1.807, 2.05) is 24.3 Å². The molecule has 46 heavy (non-hydrogen) atoms. The van der Waals surface area contributed by atoms with E-state index in [1.165, 1.54) is 18.3 Å². The Morgan fingerprint density at radius 1 is 0.913 bits per heavy atom. The molecular weight excluding hydrogens is 583 g/mol. The molecule has 0 saturated heterocycles. The molecule has 1 amide bonds. The highest BCUT2D eigenvalue weighted by atomic mass is 19.1. The van der Waals surface area contributed by atoms with Crippen LogP contribution in [-0.2, 0) is 6.54 Å². The summed E-state index contributed by atoms with van der Waals surface area (Å²) in [6.07, 6.45) is 8.50. The van der Waals surface area contributed by atoms with Crippen molar-refractivity contribution >= 4 is 29.1 Å². The summed E-state index contributed by atoms with van der Waals surface area (Å²) in [5, 5.41) is 19.4. The van der Waals surface area contributed by atoms with Crippen molar-refractivity contribution in [2.24, 2.45) is 5.92 Å². The number of amides is 1. The van der Waals surface area contributed by atoms with Crippen LogP contribution in [0.15, 0.2) is 73.1 Å². The molecule has 4 N–H and O–H groups in total. The van der Waals surface area contributed by atoms with Gasteiger partial charge in [0.05, 0.1) is 6.10 Å². The van der Waals surface area contributed by atoms with Crippen molar-refractivity contribution in [3.05, 3.63) is 107 Å². The van der Waals surface area contributed by atoms with E-state index in [1.54, 1.807) is 30.5 Å². The molecule has 2 aromatic heterocycles. The van der Waals surface area contributed by atoms with Crippen LogP contribution in [0.4, 0.5) is 21.8 Å². The molecule has 234 valence electrons. The van der Waals surface area contributed by atoms with Crippen LogP contribution in [0.25, 0.3) is 0 Å². The van der Waals surface area contributed by atoms with E-state index in [2.05, 4.69) is 42.7 Å². The van der Waals surface area contributed by atoms with Gasteiger partial charge in [-0.15, -0.1) is 0 Å². The number of carbonyl (C=O) groups excluding carboxylic acids is 2. The first-order chi connectivity index (χ1) is 22.4. The summed E-state index contributed by atoms with van der Waals surface area (Å²) >= 11 is 0. The van der Waals surface area contributed by atoms with E-state index < -0.39 is 0 Å². The van der Waals surface area contributed by atoms with Crippen LogP contribution in [0.5, 0.6) is 0 Å². The minimum absolute atomic E-state index is 0.0548. The first-order valence-electron chi connectivity index (χ1n) is 15.6. The van der Waals surface area contributed by atoms with Crippen LogP contribution in [0.1, 0.15) is 82.5 Å². The van der Waals surface area contributed by atoms with Crippen LogP contribution in [0.3, 0.4) is 0 Å². The minimum Gasteiger partial charge on any atom is -0.393 e. The Kier molecular flexibility index (Phi) is 9.60. The third-order valence-electron chi connectivity index (χ3n) is 8.17. The van der Waals surface area contributed by atoms with Gasteiger partial charge in [-0.25, -0.2) is 14.4 Å². The summed E-state index contributed by atoms with van der Waals surface area (Å²) in [5.74, 6) is 6.82. The molecule has 0 spiro atoms. The summed E-state index contributed by atoms with van der Waals surface area (Å²) in [6.45, 7) is 0.226. The first-order valence-corrected chi connectivity index (χ1v) is 15.6. The Balaban J connectivity index is 1.13. The van der Waals surface area contributed by atoms with E-state index in [0.717, 1.165) is 42.5 Å². The number of Topliss-reactive ketones (excluding diaryl/α,β-unsaturated/α-hetero) is 1. The number of nitrogens with zero attached hydrogens (tertiary/aromatic N) is 3. The van der Waals surface area contributed by atoms with E-state index in [-0.39, 0.29) is 41.8 Å². The molecule has 2 saturated carbocycles. The number of halogens is 1. The highest BCUT2D eigenvalue weighted by Gasteiger charge is 2.25. The maximum Gasteiger partial charge on any atom is 0.256 e. The maximum atomic E-state index is 13.3. The molecule has 0 bridgehead atoms. The van der Waals surface area contributed by atoms with Crippen LogP contribution < -0.4 is 16.0 Å². The number of rotatable bonds is 10. The number of hydrogen-bond donors (Lipinski definition) is 4. The Hall–Kier alpha value is -5.14. The Bertz CT molecular complexity index is 1760. The molecule has 0 aliphatic heterocycles. The normalized spacial score (nSPS) is 17.3. The highest BCUT2D eigenvalue weighted by Crippen LogP contribution is 2.33. The van der Waals surface area contributed by atoms with Crippen molar-refractivity contribution < 1.29 is 19.1 Å². The van der Waals surface area contributed by atoms with Crippen molar-refractivity contribution in [1.29, 1.82) is 0 Å². The van der Waals surface area contributed by atoms with Crippen molar-refractivity contribution in [2.45, 2.75) is 63.6 Å². The zero-order valence-corrected chi connectivity index (χ0v) is 25.3. The Morgan fingerprint density at radius 3 is 2.41 bits per heavy atom. The molecule has 2 aliphatic carbocycles. The van der Waals surface area contributed by atoms with Gasteiger partial charge in [0, 0.05) is 48.2 Å². The SMILES string of the molecule is O=C(CC1CC1)c1ccnc(C#Cc2ccc(Nc3ncc(C(=O)NCc4ccc(F)cc4)c(NC4CCC(O)CC4)n3)cc2)c1. The number of benzene rings is 2. The fourth-order valence-electron chi connectivity index (χ4n) is 5.29. The predicted molar refractivity (Wildman–Crippen MR) is 173 cm³/mol. The quantitative estimate of drug-likeness (QED) is 0.130. The third kappa shape index (κ3) is 8.52. The molecule has 2 aliphatic rings. The molecule has 0 unspecified atom stereocenters. The molecule has 0 atom stereocenters. The van der Waals surface area contributed by atoms with E-state index in [0.29, 0.717) is 48.2 Å². The van der Waals surface area contributed by atoms with E-state index in [4.69, 9.17) is 0 Å². The minimum atomic E-state index is -0.357. The average Bonchev–Trinajstić information content (AvgIpc) is 3.89. The topological polar surface area (TPSA) is 129 Å². The van der Waals surface area contributed by atoms with Crippen LogP contribution >= 0.6 is 0 Å². The predicted octanol–water partition coefficient (Wildman–Crippen LogP) is 5.78. The number of nitrogens with one attached hydrogen (secondary N) is 3. The molecule has 9 nitrogen and oxygen atoms in total. The van der Waals surface area contributed by atoms with Gasteiger partial charge in [-0.05, 0) is 104 Å². The third-order valence-corrected chi connectivity index (χ3v) is 8.17. The van der Waals surface area contributed by atoms with Gasteiger partial charge >= 0.3 is 0 Å². The fourth-order valence-corrected chi connectivity index (χ4v) is 5.29. The number of aliphatic hydroxyl groups is 1. The van der Waals surface area contributed by atoms with Gasteiger partial charge in [-0.2, -0.15) is 4.98 Å². The number of aromatic nitrogens is 3. The van der Waals surface area contributed by atoms with Crippen molar-refractivity contribution in [3.8, 4) is 11.8 Å². The molecule has 10 heteroatoms. The first kappa shape index (κ1) is 30.9. The lowest BCUT2D eigenvalue weighted by Crippen LogP contribution is -2.31. The van der Waals surface area contributed by atoms with Gasteiger partial charge in [0.15, 0.2) is 5.78 Å². The van der Waals surface area contributed by atoms with Gasteiger partial charge in [-0.3, -0.25) is 9.59 Å². The summed E-state index contributed by atoms with van der Waals surface area (Å²) in [6, 6.07) is 16.9. The molecular formula is C36H35FN6O3. The second-order valence-corrected chi connectivity index (χ2v) is 11.9. The zero-order valence-electron chi connectivity index (χ0n) is 25.3. The highest BCUT2D eigenvalue weighted by molar-refractivity contribution is 5.98. The Morgan fingerprint density at radius 2 is 1.67 bits per heavy atom. The standard InChI is InChI=1S/C36H35FN6O3/c37-27-8-3-25(4-9-27)21-39-35(46)32-22-40-36(43-34(32)41-28-13-15-31(44)16-14-28)42-29-10-5-23(6-11-29)7-12-30-20-26(17-18-38-30)33(45)19-24-1-2-24/h3-6,8-11,17-18,20,22,24,28,31,44H,1-2,13-16,19,21H2,(H,39,46)(H2,40,41,42,43). The fraction of sp³-hybridized carbons (Fsp3) is 0.306. The number of anilines is 3. The molecule has 0 radical (unpaired) electrons. The van der Waals surface area contributed by atoms with Gasteiger partial charge in [0.2, 0.25) is 5.95 Å². The zero-order chi connectivity index (χ0) is 31.9. The van der Waals surface area contributed by atoms with Crippen molar-refractivity contribution in [3.63, 3.8) is 0 Å². The van der Waals surface area contributed by atoms with Gasteiger partial charge < -0.3 is 21.1 Å². The van der Waals surface area contributed by atoms with E-state index in [9.17, 15) is 19.1 Å². The smallest absolute Gasteiger partial charge is 0.256 e. The monoisotopic (exact) mass is 618 g/mol. The summed E-state index contributed by atoms with van der Waals surface area (Å²) in [5.41, 5.74) is 3.76. The van der Waals surface area contributed by atoms with Gasteiger partial charge in [0.1, 0.15) is 22.9 Å². The number of ketones is 1. The second-order valence-electron chi connectivity index (χ2n) is 11.9. The number of carbonyl (C=O) groups is 2. The molecule has 2 aromatic carbocycles. The van der Waals surface area contributed by atoms with Crippen molar-refractivity contribution in [2.75, 3.05) is 10.6 Å². The second kappa shape index (κ2) is 14.3. The number of hydrogen-bond acceptors (Lipinski definition) is 8. The lowest BCUT2D eigenvalue weighted by Gasteiger charge is -2.27. The number of aliphatic hydroxyl groups excluding tert-OH is 1. The average molecular weight is 619 g/mol. The lowest BCUT2D eigenvalue weighted by atomic mass is 9.93. The summed E-state index contributed by atoms with van der Waals surface area (Å²) in [7, 11) is 0. The Labute approximate surface area is 267 Å². The van der Waals surface area contributed by atoms with E-state index >= 15 is 0 Å². The molecule has 2 heterocycles.